The van der Waals surface area contributed by atoms with Crippen LogP contribution in [0, 0.1) is 0 Å². The minimum absolute atomic E-state index is 0.0730. The van der Waals surface area contributed by atoms with E-state index in [9.17, 15) is 14.4 Å². The molecule has 7 rings (SSSR count). The van der Waals surface area contributed by atoms with E-state index in [4.69, 9.17) is 21.7 Å². The lowest BCUT2D eigenvalue weighted by molar-refractivity contribution is -0.134. The van der Waals surface area contributed by atoms with Gasteiger partial charge in [0.05, 0.1) is 29.7 Å². The van der Waals surface area contributed by atoms with Crippen LogP contribution in [0.15, 0.2) is 42.6 Å². The lowest BCUT2D eigenvalue weighted by atomic mass is 9.92. The fourth-order valence-corrected chi connectivity index (χ4v) is 7.00. The molecule has 0 radical (unpaired) electrons. The Kier molecular flexibility index (Phi) is 7.11. The molecule has 232 valence electrons. The summed E-state index contributed by atoms with van der Waals surface area (Å²) in [4.78, 5) is 52.0. The topological polar surface area (TPSA) is 129 Å². The van der Waals surface area contributed by atoms with Gasteiger partial charge in [-0.1, -0.05) is 11.6 Å². The second kappa shape index (κ2) is 11.0. The van der Waals surface area contributed by atoms with Gasteiger partial charge in [0, 0.05) is 68.1 Å². The first kappa shape index (κ1) is 29.0. The summed E-state index contributed by atoms with van der Waals surface area (Å²) in [5.41, 5.74) is 5.40. The van der Waals surface area contributed by atoms with Crippen molar-refractivity contribution in [1.29, 1.82) is 0 Å². The molecule has 0 aliphatic carbocycles. The summed E-state index contributed by atoms with van der Waals surface area (Å²) in [6.07, 6.45) is 2.78. The number of imide groups is 1. The van der Waals surface area contributed by atoms with E-state index in [1.807, 2.05) is 36.0 Å². The van der Waals surface area contributed by atoms with Crippen LogP contribution in [0.5, 0.6) is 0 Å². The number of nitrogens with one attached hydrogen (secondary N) is 2. The molecule has 2 N–H and O–H groups in total. The number of rotatable bonds is 5. The van der Waals surface area contributed by atoms with Crippen molar-refractivity contribution in [3.63, 3.8) is 0 Å². The number of piperidine rings is 1. The predicted molar refractivity (Wildman–Crippen MR) is 173 cm³/mol. The number of aromatic nitrogens is 4. The number of aryl methyl sites for hydroxylation is 1. The molecule has 3 aliphatic heterocycles. The van der Waals surface area contributed by atoms with Gasteiger partial charge in [-0.15, -0.1) is 0 Å². The molecule has 0 spiro atoms. The van der Waals surface area contributed by atoms with Crippen LogP contribution in [0.25, 0.3) is 10.9 Å². The fourth-order valence-electron chi connectivity index (χ4n) is 6.86. The summed E-state index contributed by atoms with van der Waals surface area (Å²) >= 11 is 6.53. The highest BCUT2D eigenvalue weighted by atomic mass is 35.5. The first-order valence-corrected chi connectivity index (χ1v) is 15.5. The molecule has 3 aliphatic rings. The van der Waals surface area contributed by atoms with E-state index >= 15 is 0 Å². The van der Waals surface area contributed by atoms with Crippen LogP contribution in [-0.2, 0) is 27.9 Å². The summed E-state index contributed by atoms with van der Waals surface area (Å²) in [5.74, 6) is 0.220. The Morgan fingerprint density at radius 2 is 1.80 bits per heavy atom. The first-order valence-electron chi connectivity index (χ1n) is 15.1. The number of carbonyl (C=O) groups excluding carboxylic acids is 3. The molecule has 12 nitrogen and oxygen atoms in total. The van der Waals surface area contributed by atoms with Gasteiger partial charge in [0.15, 0.2) is 5.82 Å². The maximum absolute atomic E-state index is 12.6. The van der Waals surface area contributed by atoms with Crippen LogP contribution in [0.2, 0.25) is 5.02 Å². The Balaban J connectivity index is 1.10. The molecule has 5 heterocycles. The van der Waals surface area contributed by atoms with Crippen molar-refractivity contribution >= 4 is 69.1 Å². The quantitative estimate of drug-likeness (QED) is 0.317. The number of likely N-dealkylation sites (N-methyl/N-ethyl adjacent to an activating group) is 1. The molecule has 3 atom stereocenters. The summed E-state index contributed by atoms with van der Waals surface area (Å²) < 4.78 is 1.81. The average Bonchev–Trinajstić information content (AvgIpc) is 3.48. The monoisotopic (exact) mass is 627 g/mol. The molecule has 0 bridgehead atoms. The van der Waals surface area contributed by atoms with E-state index in [1.54, 1.807) is 18.1 Å². The van der Waals surface area contributed by atoms with Gasteiger partial charge in [-0.2, -0.15) is 10.1 Å². The van der Waals surface area contributed by atoms with E-state index in [2.05, 4.69) is 51.4 Å². The lowest BCUT2D eigenvalue weighted by Gasteiger charge is -2.45. The Hall–Kier alpha value is -4.71. The average molecular weight is 628 g/mol. The highest BCUT2D eigenvalue weighted by Crippen LogP contribution is 2.35. The molecule has 2 aromatic heterocycles. The van der Waals surface area contributed by atoms with Gasteiger partial charge in [0.25, 0.3) is 0 Å². The third kappa shape index (κ3) is 5.12. The standard InChI is InChI=1S/C32H34ClN9O3/c1-17-15-41(21-6-7-22-26(13-21)40(4)38-29(22)23-8-10-27(43)36-31(23)45)16-18(2)42(17)32-34-14-24(33)30(37-32)35-20-5-9-25-19(11-20)12-28(44)39(25)3/h5-7,9,11,13-14,17-18,23H,8,10,12,15-16H2,1-4H3,(H,34,35,37)(H,36,43,45)/t17-,18-,23?/m0/s1. The summed E-state index contributed by atoms with van der Waals surface area (Å²) in [7, 11) is 3.67. The second-order valence-electron chi connectivity index (χ2n) is 12.2. The summed E-state index contributed by atoms with van der Waals surface area (Å²) in [6.45, 7) is 5.81. The minimum atomic E-state index is -0.437. The third-order valence-corrected chi connectivity index (χ3v) is 9.38. The maximum Gasteiger partial charge on any atom is 0.235 e. The number of carbonyl (C=O) groups is 3. The van der Waals surface area contributed by atoms with Crippen LogP contribution < -0.4 is 25.3 Å². The lowest BCUT2D eigenvalue weighted by Crippen LogP contribution is -2.57. The zero-order chi connectivity index (χ0) is 31.6. The van der Waals surface area contributed by atoms with Crippen molar-refractivity contribution in [2.45, 2.75) is 51.1 Å². The Labute approximate surface area is 265 Å². The Morgan fingerprint density at radius 3 is 2.56 bits per heavy atom. The van der Waals surface area contributed by atoms with Crippen LogP contribution in [0.1, 0.15) is 43.9 Å². The van der Waals surface area contributed by atoms with E-state index in [1.165, 1.54) is 0 Å². The van der Waals surface area contributed by atoms with Crippen molar-refractivity contribution in [3.8, 4) is 0 Å². The minimum Gasteiger partial charge on any atom is -0.367 e. The zero-order valence-corrected chi connectivity index (χ0v) is 26.3. The van der Waals surface area contributed by atoms with E-state index in [0.29, 0.717) is 41.7 Å². The van der Waals surface area contributed by atoms with Gasteiger partial charge in [-0.25, -0.2) is 4.98 Å². The normalized spacial score (nSPS) is 21.8. The highest BCUT2D eigenvalue weighted by molar-refractivity contribution is 6.33. The SMILES string of the molecule is C[C@H]1CN(c2ccc3c(C4CCC(=O)NC4=O)nn(C)c3c2)C[C@H](C)N1c1ncc(Cl)c(Nc2ccc3c(c2)CC(=O)N3C)n1. The smallest absolute Gasteiger partial charge is 0.235 e. The van der Waals surface area contributed by atoms with Crippen molar-refractivity contribution < 1.29 is 14.4 Å². The molecule has 13 heteroatoms. The van der Waals surface area contributed by atoms with Crippen LogP contribution in [0.3, 0.4) is 0 Å². The van der Waals surface area contributed by atoms with Crippen molar-refractivity contribution in [3.05, 3.63) is 58.9 Å². The number of hydrogen-bond donors (Lipinski definition) is 2. The predicted octanol–water partition coefficient (Wildman–Crippen LogP) is 3.90. The third-order valence-electron chi connectivity index (χ3n) is 9.10. The molecule has 2 saturated heterocycles. The maximum atomic E-state index is 12.6. The summed E-state index contributed by atoms with van der Waals surface area (Å²) in [6, 6.07) is 12.2. The summed E-state index contributed by atoms with van der Waals surface area (Å²) in [5, 5.41) is 11.8. The van der Waals surface area contributed by atoms with Crippen LogP contribution >= 0.6 is 11.6 Å². The van der Waals surface area contributed by atoms with Gasteiger partial charge in [0.2, 0.25) is 23.7 Å². The van der Waals surface area contributed by atoms with Gasteiger partial charge < -0.3 is 20.0 Å². The number of halogens is 1. The Bertz CT molecular complexity index is 1860. The van der Waals surface area contributed by atoms with Gasteiger partial charge in [-0.3, -0.25) is 24.4 Å². The first-order chi connectivity index (χ1) is 21.6. The number of nitrogens with zero attached hydrogens (tertiary/aromatic N) is 7. The number of anilines is 5. The number of fused-ring (bicyclic) bond motifs is 2. The molecule has 45 heavy (non-hydrogen) atoms. The molecule has 4 aromatic rings. The second-order valence-corrected chi connectivity index (χ2v) is 12.6. The van der Waals surface area contributed by atoms with E-state index in [0.717, 1.165) is 46.6 Å². The van der Waals surface area contributed by atoms with Crippen molar-refractivity contribution in [2.24, 2.45) is 7.05 Å². The van der Waals surface area contributed by atoms with Gasteiger partial charge in [0.1, 0.15) is 5.02 Å². The van der Waals surface area contributed by atoms with Crippen molar-refractivity contribution in [2.75, 3.05) is 40.2 Å². The largest absolute Gasteiger partial charge is 0.367 e. The van der Waals surface area contributed by atoms with E-state index in [-0.39, 0.29) is 29.8 Å². The number of piperazine rings is 1. The molecule has 1 unspecified atom stereocenters. The molecule has 2 aromatic carbocycles. The fraction of sp³-hybridized carbons (Fsp3) is 0.375. The van der Waals surface area contributed by atoms with Gasteiger partial charge in [-0.05, 0) is 62.2 Å². The molecular formula is C32H34ClN9O3. The number of hydrogen-bond acceptors (Lipinski definition) is 9. The molecule has 3 amide bonds. The molecule has 2 fully saturated rings. The molecular weight excluding hydrogens is 594 g/mol. The number of amides is 3. The number of benzene rings is 2. The highest BCUT2D eigenvalue weighted by Gasteiger charge is 2.34. The Morgan fingerprint density at radius 1 is 1.02 bits per heavy atom. The van der Waals surface area contributed by atoms with Gasteiger partial charge >= 0.3 is 0 Å². The van der Waals surface area contributed by atoms with Crippen molar-refractivity contribution in [1.82, 2.24) is 25.1 Å². The van der Waals surface area contributed by atoms with Crippen LogP contribution in [-0.4, -0.2) is 69.7 Å². The van der Waals surface area contributed by atoms with Crippen LogP contribution in [0.4, 0.5) is 28.8 Å². The zero-order valence-electron chi connectivity index (χ0n) is 25.5. The van der Waals surface area contributed by atoms with E-state index < -0.39 is 5.92 Å². The molecule has 0 saturated carbocycles.